The van der Waals surface area contributed by atoms with E-state index in [1.807, 2.05) is 30.3 Å². The Labute approximate surface area is 110 Å². The van der Waals surface area contributed by atoms with Gasteiger partial charge >= 0.3 is 5.69 Å². The van der Waals surface area contributed by atoms with Gasteiger partial charge in [-0.2, -0.15) is 5.10 Å². The maximum absolute atomic E-state index is 11.6. The van der Waals surface area contributed by atoms with Crippen molar-refractivity contribution in [1.29, 1.82) is 0 Å². The second-order valence-electron chi connectivity index (χ2n) is 3.52. The third kappa shape index (κ3) is 2.93. The summed E-state index contributed by atoms with van der Waals surface area (Å²) in [7, 11) is 0. The van der Waals surface area contributed by atoms with Gasteiger partial charge < -0.3 is 4.74 Å². The van der Waals surface area contributed by atoms with E-state index in [-0.39, 0.29) is 11.3 Å². The lowest BCUT2D eigenvalue weighted by molar-refractivity contribution is 0.0582. The van der Waals surface area contributed by atoms with Crippen molar-refractivity contribution in [2.45, 2.75) is 13.3 Å². The zero-order valence-electron chi connectivity index (χ0n) is 9.30. The highest BCUT2D eigenvalue weighted by atomic mass is 79.9. The van der Waals surface area contributed by atoms with Crippen molar-refractivity contribution in [3.8, 4) is 0 Å². The summed E-state index contributed by atoms with van der Waals surface area (Å²) in [6.45, 7) is 0.205. The highest BCUT2D eigenvalue weighted by Gasteiger charge is 2.06. The van der Waals surface area contributed by atoms with Crippen molar-refractivity contribution in [1.82, 2.24) is 14.8 Å². The van der Waals surface area contributed by atoms with Crippen LogP contribution in [0.4, 0.5) is 0 Å². The molecule has 2 rings (SSSR count). The number of ether oxygens (including phenoxy) is 1. The maximum atomic E-state index is 11.6. The van der Waals surface area contributed by atoms with E-state index in [0.717, 1.165) is 10.1 Å². The monoisotopic (exact) mass is 311 g/mol. The highest BCUT2D eigenvalue weighted by molar-refractivity contribution is 9.10. The predicted molar refractivity (Wildman–Crippen MR) is 68.0 cm³/mol. The first-order chi connectivity index (χ1) is 8.68. The van der Waals surface area contributed by atoms with Gasteiger partial charge in [0.2, 0.25) is 0 Å². The summed E-state index contributed by atoms with van der Waals surface area (Å²) in [5.41, 5.74) is -0.154. The molecule has 0 saturated carbocycles. The van der Waals surface area contributed by atoms with Crippen LogP contribution in [0.15, 0.2) is 44.5 Å². The van der Waals surface area contributed by atoms with E-state index in [4.69, 9.17) is 4.74 Å². The number of benzene rings is 1. The van der Waals surface area contributed by atoms with Gasteiger partial charge in [-0.15, -0.1) is 0 Å². The van der Waals surface area contributed by atoms with Gasteiger partial charge in [-0.05, 0) is 21.5 Å². The molecule has 0 spiro atoms. The summed E-state index contributed by atoms with van der Waals surface area (Å²) in [6, 6.07) is 9.48. The van der Waals surface area contributed by atoms with E-state index in [1.54, 1.807) is 0 Å². The van der Waals surface area contributed by atoms with E-state index in [9.17, 15) is 9.59 Å². The van der Waals surface area contributed by atoms with Gasteiger partial charge in [-0.1, -0.05) is 30.3 Å². The highest BCUT2D eigenvalue weighted by Crippen LogP contribution is 2.00. The average molecular weight is 312 g/mol. The lowest BCUT2D eigenvalue weighted by atomic mass is 10.2. The summed E-state index contributed by atoms with van der Waals surface area (Å²) in [5.74, 6) is 0. The molecule has 0 aliphatic rings. The number of aromatic amines is 1. The molecular formula is C11H10BrN3O3. The minimum Gasteiger partial charge on any atom is -0.356 e. The van der Waals surface area contributed by atoms with Crippen LogP contribution in [-0.2, 0) is 18.1 Å². The van der Waals surface area contributed by atoms with Gasteiger partial charge in [0, 0.05) is 0 Å². The first-order valence-corrected chi connectivity index (χ1v) is 5.94. The molecule has 0 aliphatic carbocycles. The number of nitrogens with zero attached hydrogens (tertiary/aromatic N) is 2. The Morgan fingerprint density at radius 1 is 1.28 bits per heavy atom. The zero-order chi connectivity index (χ0) is 13.0. The number of hydrogen-bond donors (Lipinski definition) is 1. The van der Waals surface area contributed by atoms with Crippen LogP contribution in [0.3, 0.4) is 0 Å². The van der Waals surface area contributed by atoms with Gasteiger partial charge in [-0.3, -0.25) is 4.79 Å². The molecule has 0 saturated heterocycles. The van der Waals surface area contributed by atoms with Crippen molar-refractivity contribution in [2.75, 3.05) is 0 Å². The summed E-state index contributed by atoms with van der Waals surface area (Å²) < 4.78 is 6.29. The Balaban J connectivity index is 2.06. The fourth-order valence-corrected chi connectivity index (χ4v) is 1.66. The molecule has 1 aromatic carbocycles. The average Bonchev–Trinajstić information content (AvgIpc) is 2.39. The maximum Gasteiger partial charge on any atom is 0.346 e. The fraction of sp³-hybridized carbons (Fsp3) is 0.182. The van der Waals surface area contributed by atoms with Gasteiger partial charge in [-0.25, -0.2) is 14.5 Å². The number of aromatic nitrogens is 3. The van der Waals surface area contributed by atoms with E-state index >= 15 is 0 Å². The van der Waals surface area contributed by atoms with Crippen LogP contribution in [0.1, 0.15) is 5.56 Å². The molecule has 1 aromatic heterocycles. The van der Waals surface area contributed by atoms with Crippen molar-refractivity contribution in [2.24, 2.45) is 0 Å². The van der Waals surface area contributed by atoms with Gasteiger partial charge in [0.25, 0.3) is 5.56 Å². The van der Waals surface area contributed by atoms with Crippen molar-refractivity contribution in [3.63, 3.8) is 0 Å². The van der Waals surface area contributed by atoms with Crippen LogP contribution >= 0.6 is 15.9 Å². The molecule has 0 bridgehead atoms. The van der Waals surface area contributed by atoms with Gasteiger partial charge in [0.15, 0.2) is 4.60 Å². The van der Waals surface area contributed by atoms with Crippen LogP contribution in [0.5, 0.6) is 0 Å². The smallest absolute Gasteiger partial charge is 0.346 e. The topological polar surface area (TPSA) is 77.0 Å². The van der Waals surface area contributed by atoms with E-state index in [1.165, 1.54) is 0 Å². The van der Waals surface area contributed by atoms with Crippen LogP contribution in [-0.4, -0.2) is 14.8 Å². The minimum atomic E-state index is -0.601. The molecule has 7 heteroatoms. The molecule has 0 atom stereocenters. The van der Waals surface area contributed by atoms with Crippen LogP contribution in [0.25, 0.3) is 0 Å². The number of hydrogen-bond acceptors (Lipinski definition) is 4. The number of rotatable bonds is 4. The Kier molecular flexibility index (Phi) is 4.06. The predicted octanol–water partition coefficient (Wildman–Crippen LogP) is 0.868. The van der Waals surface area contributed by atoms with Crippen molar-refractivity contribution in [3.05, 3.63) is 61.3 Å². The Hall–Kier alpha value is -1.73. The van der Waals surface area contributed by atoms with Crippen LogP contribution in [0.2, 0.25) is 0 Å². The second kappa shape index (κ2) is 5.74. The van der Waals surface area contributed by atoms with Crippen LogP contribution in [0, 0.1) is 0 Å². The molecule has 0 aliphatic heterocycles. The lowest BCUT2D eigenvalue weighted by Gasteiger charge is -2.05. The zero-order valence-corrected chi connectivity index (χ0v) is 10.9. The van der Waals surface area contributed by atoms with Crippen molar-refractivity contribution < 1.29 is 4.74 Å². The number of nitrogens with one attached hydrogen (secondary N) is 1. The molecule has 18 heavy (non-hydrogen) atoms. The van der Waals surface area contributed by atoms with Crippen LogP contribution < -0.4 is 11.2 Å². The lowest BCUT2D eigenvalue weighted by Crippen LogP contribution is -2.37. The Morgan fingerprint density at radius 3 is 2.72 bits per heavy atom. The van der Waals surface area contributed by atoms with Gasteiger partial charge in [0.1, 0.15) is 6.73 Å². The molecule has 0 unspecified atom stereocenters. The summed E-state index contributed by atoms with van der Waals surface area (Å²) in [6.07, 6.45) is 0. The fourth-order valence-electron chi connectivity index (χ4n) is 1.35. The third-order valence-corrected chi connectivity index (χ3v) is 2.76. The molecule has 94 valence electrons. The van der Waals surface area contributed by atoms with E-state index in [2.05, 4.69) is 26.1 Å². The number of halogens is 1. The molecule has 0 amide bonds. The molecule has 0 fully saturated rings. The molecule has 1 N–H and O–H groups in total. The minimum absolute atomic E-state index is 0.0467. The molecular weight excluding hydrogens is 302 g/mol. The SMILES string of the molecule is O=c1[nH]nc(Br)c(=O)n1COCc1ccccc1. The Morgan fingerprint density at radius 2 is 2.00 bits per heavy atom. The number of H-pyrrole nitrogens is 1. The standard InChI is InChI=1S/C11H10BrN3O3/c12-9-10(16)15(11(17)14-13-9)7-18-6-8-4-2-1-3-5-8/h1-5H,6-7H2,(H,14,17). The normalized spacial score (nSPS) is 10.5. The summed E-state index contributed by atoms with van der Waals surface area (Å²) in [4.78, 5) is 23.0. The van der Waals surface area contributed by atoms with E-state index in [0.29, 0.717) is 6.61 Å². The summed E-state index contributed by atoms with van der Waals surface area (Å²) >= 11 is 2.95. The largest absolute Gasteiger partial charge is 0.356 e. The van der Waals surface area contributed by atoms with Crippen molar-refractivity contribution >= 4 is 15.9 Å². The molecule has 0 radical (unpaired) electrons. The first-order valence-electron chi connectivity index (χ1n) is 5.15. The molecule has 6 nitrogen and oxygen atoms in total. The molecule has 1 heterocycles. The second-order valence-corrected chi connectivity index (χ2v) is 4.27. The summed E-state index contributed by atoms with van der Waals surface area (Å²) in [5, 5.41) is 5.68. The third-order valence-electron chi connectivity index (χ3n) is 2.25. The first kappa shape index (κ1) is 12.7. The Bertz CT molecular complexity index is 636. The molecule has 2 aromatic rings. The quantitative estimate of drug-likeness (QED) is 0.909. The van der Waals surface area contributed by atoms with E-state index < -0.39 is 11.2 Å². The van der Waals surface area contributed by atoms with Gasteiger partial charge in [0.05, 0.1) is 6.61 Å².